The first kappa shape index (κ1) is 30.3. The molecule has 9 nitrogen and oxygen atoms in total. The lowest BCUT2D eigenvalue weighted by Gasteiger charge is -2.39. The Balaban J connectivity index is 1.56. The molecule has 1 saturated carbocycles. The number of carbonyl (C=O) groups excluding carboxylic acids is 1. The Morgan fingerprint density at radius 1 is 1.07 bits per heavy atom. The summed E-state index contributed by atoms with van der Waals surface area (Å²) in [5.74, 6) is 0.760. The molecule has 3 aromatic heterocycles. The number of aromatic nitrogens is 4. The molecule has 5 rings (SSSR count). The van der Waals surface area contributed by atoms with Crippen LogP contribution in [0.2, 0.25) is 18.1 Å². The topological polar surface area (TPSA) is 101 Å². The van der Waals surface area contributed by atoms with Crippen molar-refractivity contribution >= 4 is 36.3 Å². The van der Waals surface area contributed by atoms with Gasteiger partial charge < -0.3 is 23.6 Å². The Morgan fingerprint density at radius 2 is 1.81 bits per heavy atom. The van der Waals surface area contributed by atoms with E-state index in [1.165, 1.54) is 0 Å². The van der Waals surface area contributed by atoms with E-state index < -0.39 is 20.0 Å². The monoisotopic (exact) mass is 592 g/mol. The average Bonchev–Trinajstić information content (AvgIpc) is 3.60. The quantitative estimate of drug-likeness (QED) is 0.237. The normalized spacial score (nSPS) is 20.0. The minimum absolute atomic E-state index is 0.00988. The number of carbonyl (C=O) groups is 1. The first-order valence-electron chi connectivity index (χ1n) is 14.7. The van der Waals surface area contributed by atoms with Gasteiger partial charge in [0.2, 0.25) is 0 Å². The van der Waals surface area contributed by atoms with E-state index in [-0.39, 0.29) is 29.7 Å². The van der Waals surface area contributed by atoms with Gasteiger partial charge in [-0.3, -0.25) is 0 Å². The highest BCUT2D eigenvalue weighted by Gasteiger charge is 2.44. The van der Waals surface area contributed by atoms with Crippen LogP contribution in [0.15, 0.2) is 42.9 Å². The predicted octanol–water partition coefficient (Wildman–Crippen LogP) is 7.18. The molecule has 1 fully saturated rings. The molecule has 3 heterocycles. The van der Waals surface area contributed by atoms with E-state index in [1.54, 1.807) is 18.0 Å². The average molecular weight is 593 g/mol. The van der Waals surface area contributed by atoms with E-state index in [0.29, 0.717) is 22.7 Å². The summed E-state index contributed by atoms with van der Waals surface area (Å²) in [4.78, 5) is 22.9. The fraction of sp³-hybridized carbons (Fsp3) is 0.531. The fourth-order valence-corrected chi connectivity index (χ4v) is 7.04. The van der Waals surface area contributed by atoms with Crippen LogP contribution in [0.1, 0.15) is 60.4 Å². The van der Waals surface area contributed by atoms with Gasteiger partial charge in [0.05, 0.1) is 24.4 Å². The Morgan fingerprint density at radius 3 is 2.45 bits per heavy atom. The smallest absolute Gasteiger partial charge is 0.419 e. The van der Waals surface area contributed by atoms with Crippen LogP contribution in [-0.2, 0) is 9.16 Å². The molecule has 42 heavy (non-hydrogen) atoms. The predicted molar refractivity (Wildman–Crippen MR) is 168 cm³/mol. The molecule has 226 valence electrons. The zero-order valence-electron chi connectivity index (χ0n) is 26.3. The lowest BCUT2D eigenvalue weighted by Crippen LogP contribution is -2.45. The molecule has 0 spiro atoms. The van der Waals surface area contributed by atoms with E-state index >= 15 is 0 Å². The Kier molecular flexibility index (Phi) is 7.78. The van der Waals surface area contributed by atoms with Gasteiger partial charge in [-0.05, 0) is 82.1 Å². The summed E-state index contributed by atoms with van der Waals surface area (Å²) in [6, 6.07) is 9.68. The molecule has 1 aliphatic rings. The van der Waals surface area contributed by atoms with Gasteiger partial charge in [0.15, 0.2) is 8.32 Å². The summed E-state index contributed by atoms with van der Waals surface area (Å²) in [5.41, 5.74) is 2.09. The molecular formula is C32H44N4O5Si. The second-order valence-electron chi connectivity index (χ2n) is 13.9. The van der Waals surface area contributed by atoms with E-state index in [0.717, 1.165) is 29.3 Å². The lowest BCUT2D eigenvalue weighted by atomic mass is 10.1. The molecule has 0 radical (unpaired) electrons. The maximum Gasteiger partial charge on any atom is 0.419 e. The molecule has 3 atom stereocenters. The molecule has 4 aromatic rings. The highest BCUT2D eigenvalue weighted by molar-refractivity contribution is 6.74. The third-order valence-corrected chi connectivity index (χ3v) is 13.3. The van der Waals surface area contributed by atoms with Crippen LogP contribution >= 0.6 is 0 Å². The van der Waals surface area contributed by atoms with Crippen LogP contribution in [0.4, 0.5) is 4.79 Å². The van der Waals surface area contributed by atoms with Crippen LogP contribution in [0.3, 0.4) is 0 Å². The SMILES string of the molecule is COc1ccc2c(c1)cc(-c1ncnc3c1ccn3[C@H]1CC(O[Si](C)(C)C(C)(C)C)[C@H](CO)C1)n2C(=O)OC(C)(C)C. The van der Waals surface area contributed by atoms with Crippen molar-refractivity contribution in [1.82, 2.24) is 19.1 Å². The second kappa shape index (κ2) is 10.8. The minimum Gasteiger partial charge on any atom is -0.497 e. The fourth-order valence-electron chi connectivity index (χ4n) is 5.65. The number of methoxy groups -OCH3 is 1. The number of hydrogen-bond acceptors (Lipinski definition) is 7. The number of ether oxygens (including phenoxy) is 2. The minimum atomic E-state index is -2.01. The Hall–Kier alpha value is -3.21. The van der Waals surface area contributed by atoms with Gasteiger partial charge in [0.25, 0.3) is 0 Å². The van der Waals surface area contributed by atoms with Crippen molar-refractivity contribution in [3.63, 3.8) is 0 Å². The molecule has 10 heteroatoms. The summed E-state index contributed by atoms with van der Waals surface area (Å²) >= 11 is 0. The highest BCUT2D eigenvalue weighted by Crippen LogP contribution is 2.44. The van der Waals surface area contributed by atoms with E-state index in [9.17, 15) is 9.90 Å². The summed E-state index contributed by atoms with van der Waals surface area (Å²) in [7, 11) is -0.387. The largest absolute Gasteiger partial charge is 0.497 e. The van der Waals surface area contributed by atoms with Crippen molar-refractivity contribution in [3.8, 4) is 17.1 Å². The highest BCUT2D eigenvalue weighted by atomic mass is 28.4. The number of hydrogen-bond donors (Lipinski definition) is 1. The summed E-state index contributed by atoms with van der Waals surface area (Å²) < 4.78 is 21.8. The van der Waals surface area contributed by atoms with Gasteiger partial charge in [-0.1, -0.05) is 20.8 Å². The summed E-state index contributed by atoms with van der Waals surface area (Å²) in [6.45, 7) is 16.9. The summed E-state index contributed by atoms with van der Waals surface area (Å²) in [5, 5.41) is 12.0. The van der Waals surface area contributed by atoms with Crippen molar-refractivity contribution in [3.05, 3.63) is 42.9 Å². The van der Waals surface area contributed by atoms with Crippen molar-refractivity contribution in [1.29, 1.82) is 0 Å². The van der Waals surface area contributed by atoms with Gasteiger partial charge in [0, 0.05) is 35.5 Å². The number of fused-ring (bicyclic) bond motifs is 2. The van der Waals surface area contributed by atoms with Crippen LogP contribution in [0.5, 0.6) is 5.75 Å². The Labute approximate surface area is 248 Å². The molecule has 0 amide bonds. The van der Waals surface area contributed by atoms with E-state index in [2.05, 4.69) is 48.4 Å². The van der Waals surface area contributed by atoms with Crippen LogP contribution in [0, 0.1) is 5.92 Å². The zero-order chi connectivity index (χ0) is 30.6. The van der Waals surface area contributed by atoms with Gasteiger partial charge >= 0.3 is 6.09 Å². The molecular weight excluding hydrogens is 548 g/mol. The van der Waals surface area contributed by atoms with Crippen LogP contribution < -0.4 is 4.74 Å². The van der Waals surface area contributed by atoms with Crippen LogP contribution in [0.25, 0.3) is 33.3 Å². The maximum atomic E-state index is 13.6. The number of nitrogens with zero attached hydrogens (tertiary/aromatic N) is 4. The van der Waals surface area contributed by atoms with Crippen molar-refractivity contribution < 1.29 is 23.8 Å². The van der Waals surface area contributed by atoms with Gasteiger partial charge in [0.1, 0.15) is 29.0 Å². The Bertz CT molecular complexity index is 1610. The lowest BCUT2D eigenvalue weighted by molar-refractivity contribution is 0.0547. The molecule has 1 aromatic carbocycles. The first-order valence-corrected chi connectivity index (χ1v) is 17.6. The standard InChI is InChI=1S/C32H44N4O5Si/c1-31(2,3)40-30(38)36-25-11-10-23(39-7)15-20(25)16-26(36)28-24-12-13-35(29(24)34-19-33-28)22-14-21(18-37)27(17-22)41-42(8,9)32(4,5)6/h10-13,15-16,19,21-22,27,37H,14,17-18H2,1-9H3/t21-,22+,27?/m0/s1. The van der Waals surface area contributed by atoms with Gasteiger partial charge in [-0.15, -0.1) is 0 Å². The number of benzene rings is 1. The van der Waals surface area contributed by atoms with Gasteiger partial charge in [-0.2, -0.15) is 0 Å². The maximum absolute atomic E-state index is 13.6. The second-order valence-corrected chi connectivity index (χ2v) is 18.7. The first-order chi connectivity index (χ1) is 19.6. The molecule has 0 saturated heterocycles. The summed E-state index contributed by atoms with van der Waals surface area (Å²) in [6.07, 6.45) is 4.71. The molecule has 1 unspecified atom stereocenters. The third-order valence-electron chi connectivity index (χ3n) is 8.82. The zero-order valence-corrected chi connectivity index (χ0v) is 27.3. The van der Waals surface area contributed by atoms with Crippen molar-refractivity contribution in [2.75, 3.05) is 13.7 Å². The van der Waals surface area contributed by atoms with Gasteiger partial charge in [-0.25, -0.2) is 19.3 Å². The van der Waals surface area contributed by atoms with Crippen LogP contribution in [-0.4, -0.2) is 64.0 Å². The molecule has 0 aliphatic heterocycles. The number of aliphatic hydroxyl groups is 1. The van der Waals surface area contributed by atoms with E-state index in [4.69, 9.17) is 13.9 Å². The number of aliphatic hydroxyl groups excluding tert-OH is 1. The number of rotatable bonds is 6. The molecule has 1 aliphatic carbocycles. The van der Waals surface area contributed by atoms with E-state index in [1.807, 2.05) is 57.3 Å². The van der Waals surface area contributed by atoms with Crippen molar-refractivity contribution in [2.24, 2.45) is 5.92 Å². The molecule has 0 bridgehead atoms. The van der Waals surface area contributed by atoms with Crippen molar-refractivity contribution in [2.45, 2.75) is 90.3 Å². The molecule has 1 N–H and O–H groups in total. The third kappa shape index (κ3) is 5.59.